The van der Waals surface area contributed by atoms with Crippen molar-refractivity contribution in [2.24, 2.45) is 5.41 Å². The summed E-state index contributed by atoms with van der Waals surface area (Å²) in [5.74, 6) is 0.384. The number of aryl methyl sites for hydroxylation is 1. The Morgan fingerprint density at radius 2 is 1.60 bits per heavy atom. The van der Waals surface area contributed by atoms with E-state index >= 15 is 4.39 Å². The van der Waals surface area contributed by atoms with Crippen molar-refractivity contribution in [3.63, 3.8) is 0 Å². The lowest BCUT2D eigenvalue weighted by Crippen LogP contribution is -2.47. The van der Waals surface area contributed by atoms with Crippen molar-refractivity contribution in [1.29, 1.82) is 0 Å². The molecule has 2 aliphatic heterocycles. The van der Waals surface area contributed by atoms with Crippen molar-refractivity contribution in [2.45, 2.75) is 53.5 Å². The van der Waals surface area contributed by atoms with Gasteiger partial charge < -0.3 is 24.0 Å². The van der Waals surface area contributed by atoms with Crippen LogP contribution in [0.25, 0.3) is 11.3 Å². The molecule has 248 valence electrons. The quantitative estimate of drug-likeness (QED) is 0.174. The first-order valence-electron chi connectivity index (χ1n) is 17.0. The number of amides is 1. The van der Waals surface area contributed by atoms with Crippen LogP contribution in [0.1, 0.15) is 61.1 Å². The van der Waals surface area contributed by atoms with Gasteiger partial charge in [0.05, 0.1) is 23.7 Å². The maximum atomic E-state index is 15.3. The third-order valence-corrected chi connectivity index (χ3v) is 9.38. The Morgan fingerprint density at radius 3 is 2.32 bits per heavy atom. The van der Waals surface area contributed by atoms with Crippen molar-refractivity contribution < 1.29 is 13.9 Å². The molecule has 0 saturated carbocycles. The lowest BCUT2D eigenvalue weighted by molar-refractivity contribution is 0.0987. The first-order valence-corrected chi connectivity index (χ1v) is 17.0. The van der Waals surface area contributed by atoms with Gasteiger partial charge in [0, 0.05) is 63.4 Å². The lowest BCUT2D eigenvalue weighted by atomic mass is 9.92. The van der Waals surface area contributed by atoms with Gasteiger partial charge in [-0.25, -0.2) is 9.37 Å². The Hall–Kier alpha value is -4.01. The van der Waals surface area contributed by atoms with E-state index in [1.165, 1.54) is 18.1 Å². The highest BCUT2D eigenvalue weighted by molar-refractivity contribution is 6.08. The number of nitrogens with zero attached hydrogens (tertiary/aromatic N) is 5. The summed E-state index contributed by atoms with van der Waals surface area (Å²) in [4.78, 5) is 25.6. The summed E-state index contributed by atoms with van der Waals surface area (Å²) in [5, 5.41) is 0. The SMILES string of the molecule is Cc1nc2c(n1Cc1ccccc1)-c1ccccc1N(C(=O)c1ccc(OCCCN3CCN(CCC(C)(C)C)CC3)c(F)c1)CC2. The van der Waals surface area contributed by atoms with Crippen LogP contribution in [0, 0.1) is 18.2 Å². The van der Waals surface area contributed by atoms with E-state index in [1.807, 2.05) is 49.4 Å². The molecular formula is C39H48FN5O2. The highest BCUT2D eigenvalue weighted by Gasteiger charge is 2.29. The molecule has 2 aliphatic rings. The zero-order chi connectivity index (χ0) is 33.0. The Balaban J connectivity index is 1.08. The second-order valence-corrected chi connectivity index (χ2v) is 14.1. The van der Waals surface area contributed by atoms with Crippen LogP contribution < -0.4 is 9.64 Å². The van der Waals surface area contributed by atoms with E-state index in [-0.39, 0.29) is 11.7 Å². The number of imidazole rings is 1. The number of anilines is 1. The number of carbonyl (C=O) groups excluding carboxylic acids is 1. The van der Waals surface area contributed by atoms with E-state index < -0.39 is 5.82 Å². The number of aromatic nitrogens is 2. The summed E-state index contributed by atoms with van der Waals surface area (Å²) in [6, 6.07) is 22.9. The average Bonchev–Trinajstić information content (AvgIpc) is 3.27. The van der Waals surface area contributed by atoms with E-state index in [0.29, 0.717) is 37.1 Å². The normalized spacial score (nSPS) is 15.6. The molecule has 1 saturated heterocycles. The van der Waals surface area contributed by atoms with E-state index in [1.54, 1.807) is 17.0 Å². The van der Waals surface area contributed by atoms with Gasteiger partial charge in [-0.05, 0) is 61.6 Å². The maximum absolute atomic E-state index is 15.3. The number of ether oxygens (including phenoxy) is 1. The predicted molar refractivity (Wildman–Crippen MR) is 187 cm³/mol. The molecule has 0 unspecified atom stereocenters. The van der Waals surface area contributed by atoms with E-state index in [9.17, 15) is 4.79 Å². The molecule has 1 aromatic heterocycles. The van der Waals surface area contributed by atoms with Crippen molar-refractivity contribution in [2.75, 3.05) is 57.3 Å². The van der Waals surface area contributed by atoms with Gasteiger partial charge in [-0.2, -0.15) is 0 Å². The van der Waals surface area contributed by atoms with Gasteiger partial charge in [-0.1, -0.05) is 69.3 Å². The fourth-order valence-electron chi connectivity index (χ4n) is 6.63. The topological polar surface area (TPSA) is 53.8 Å². The number of rotatable bonds is 10. The molecule has 3 heterocycles. The Labute approximate surface area is 279 Å². The first kappa shape index (κ1) is 32.9. The minimum absolute atomic E-state index is 0.187. The molecule has 0 N–H and O–H groups in total. The van der Waals surface area contributed by atoms with Crippen LogP contribution in [0.5, 0.6) is 5.75 Å². The molecule has 6 rings (SSSR count). The Kier molecular flexibility index (Phi) is 10.1. The number of benzene rings is 3. The van der Waals surface area contributed by atoms with Gasteiger partial charge in [-0.3, -0.25) is 4.79 Å². The standard InChI is InChI=1S/C39H48FN5O2/c1-29-41-34-17-20-44(35-14-9-8-13-32(35)37(34)45(29)28-30-11-6-5-7-12-30)38(46)31-15-16-36(33(40)27-31)47-26-10-19-42-22-24-43(25-23-42)21-18-39(2,3)4/h5-9,11-16,27H,10,17-26,28H2,1-4H3. The van der Waals surface area contributed by atoms with Crippen LogP contribution in [0.15, 0.2) is 72.8 Å². The van der Waals surface area contributed by atoms with Crippen molar-refractivity contribution in [1.82, 2.24) is 19.4 Å². The van der Waals surface area contributed by atoms with Crippen molar-refractivity contribution >= 4 is 11.6 Å². The second-order valence-electron chi connectivity index (χ2n) is 14.1. The molecule has 0 aliphatic carbocycles. The lowest BCUT2D eigenvalue weighted by Gasteiger charge is -2.35. The van der Waals surface area contributed by atoms with Crippen LogP contribution in [0.3, 0.4) is 0 Å². The third kappa shape index (κ3) is 7.94. The first-order chi connectivity index (χ1) is 22.7. The van der Waals surface area contributed by atoms with Crippen LogP contribution in [-0.4, -0.2) is 77.7 Å². The average molecular weight is 638 g/mol. The molecule has 1 fully saturated rings. The smallest absolute Gasteiger partial charge is 0.258 e. The number of halogens is 1. The number of para-hydroxylation sites is 1. The zero-order valence-corrected chi connectivity index (χ0v) is 28.3. The Bertz CT molecular complexity index is 1670. The summed E-state index contributed by atoms with van der Waals surface area (Å²) in [6.07, 6.45) is 2.64. The van der Waals surface area contributed by atoms with Crippen molar-refractivity contribution in [3.05, 3.63) is 101 Å². The molecule has 0 bridgehead atoms. The number of carbonyl (C=O) groups is 1. The highest BCUT2D eigenvalue weighted by atomic mass is 19.1. The molecule has 0 spiro atoms. The van der Waals surface area contributed by atoms with Crippen LogP contribution in [0.4, 0.5) is 10.1 Å². The Morgan fingerprint density at radius 1 is 0.894 bits per heavy atom. The number of piperazine rings is 1. The fraction of sp³-hybridized carbons (Fsp3) is 0.436. The maximum Gasteiger partial charge on any atom is 0.258 e. The molecular weight excluding hydrogens is 589 g/mol. The number of hydrogen-bond acceptors (Lipinski definition) is 5. The third-order valence-electron chi connectivity index (χ3n) is 9.38. The molecule has 47 heavy (non-hydrogen) atoms. The summed E-state index contributed by atoms with van der Waals surface area (Å²) in [6.45, 7) is 16.9. The number of fused-ring (bicyclic) bond motifs is 3. The van der Waals surface area contributed by atoms with Gasteiger partial charge in [0.1, 0.15) is 5.82 Å². The minimum atomic E-state index is -0.513. The van der Waals surface area contributed by atoms with E-state index in [4.69, 9.17) is 9.72 Å². The summed E-state index contributed by atoms with van der Waals surface area (Å²) in [5.41, 5.74) is 5.63. The van der Waals surface area contributed by atoms with Gasteiger partial charge in [-0.15, -0.1) is 0 Å². The van der Waals surface area contributed by atoms with Gasteiger partial charge in [0.15, 0.2) is 11.6 Å². The van der Waals surface area contributed by atoms with Crippen LogP contribution in [-0.2, 0) is 13.0 Å². The van der Waals surface area contributed by atoms with Gasteiger partial charge in [0.25, 0.3) is 5.91 Å². The summed E-state index contributed by atoms with van der Waals surface area (Å²) in [7, 11) is 0. The highest BCUT2D eigenvalue weighted by Crippen LogP contribution is 2.38. The van der Waals surface area contributed by atoms with Crippen molar-refractivity contribution in [3.8, 4) is 17.0 Å². The van der Waals surface area contributed by atoms with E-state index in [0.717, 1.165) is 74.2 Å². The molecule has 0 radical (unpaired) electrons. The van der Waals surface area contributed by atoms with Crippen LogP contribution in [0.2, 0.25) is 0 Å². The molecule has 3 aromatic carbocycles. The molecule has 1 amide bonds. The molecule has 4 aromatic rings. The fourth-order valence-corrected chi connectivity index (χ4v) is 6.63. The van der Waals surface area contributed by atoms with E-state index in [2.05, 4.69) is 47.3 Å². The van der Waals surface area contributed by atoms with Crippen LogP contribution >= 0.6 is 0 Å². The number of hydrogen-bond donors (Lipinski definition) is 0. The largest absolute Gasteiger partial charge is 0.490 e. The zero-order valence-electron chi connectivity index (χ0n) is 28.3. The summed E-state index contributed by atoms with van der Waals surface area (Å²) < 4.78 is 23.4. The monoisotopic (exact) mass is 637 g/mol. The predicted octanol–water partition coefficient (Wildman–Crippen LogP) is 7.07. The molecule has 8 heteroatoms. The van der Waals surface area contributed by atoms with Gasteiger partial charge >= 0.3 is 0 Å². The summed E-state index contributed by atoms with van der Waals surface area (Å²) >= 11 is 0. The minimum Gasteiger partial charge on any atom is -0.490 e. The molecule has 7 nitrogen and oxygen atoms in total. The van der Waals surface area contributed by atoms with Gasteiger partial charge in [0.2, 0.25) is 0 Å². The second kappa shape index (κ2) is 14.4. The molecule has 0 atom stereocenters.